The quantitative estimate of drug-likeness (QED) is 0.703. The maximum atomic E-state index is 11.5. The van der Waals surface area contributed by atoms with Gasteiger partial charge in [-0.15, -0.1) is 0 Å². The molecule has 8 heteroatoms. The number of hydrogen-bond donors (Lipinski definition) is 0. The molecule has 1 unspecified atom stereocenters. The van der Waals surface area contributed by atoms with Crippen LogP contribution >= 0.6 is 0 Å². The summed E-state index contributed by atoms with van der Waals surface area (Å²) in [5, 5.41) is 8.99. The molecule has 2 aromatic rings. The summed E-state index contributed by atoms with van der Waals surface area (Å²) in [6, 6.07) is 7.23. The molecule has 0 amide bonds. The van der Waals surface area contributed by atoms with Crippen molar-refractivity contribution in [3.05, 3.63) is 41.9 Å². The molecule has 1 aromatic carbocycles. The molecule has 0 N–H and O–H groups in total. The fourth-order valence-electron chi connectivity index (χ4n) is 3.17. The van der Waals surface area contributed by atoms with Gasteiger partial charge in [0.05, 0.1) is 44.9 Å². The Kier molecular flexibility index (Phi) is 6.27. The Balaban J connectivity index is 1.61. The highest BCUT2D eigenvalue weighted by atomic mass is 16.5. The summed E-state index contributed by atoms with van der Waals surface area (Å²) >= 11 is 0. The van der Waals surface area contributed by atoms with E-state index in [0.29, 0.717) is 29.6 Å². The number of carbonyl (C=O) groups excluding carboxylic acids is 1. The Morgan fingerprint density at radius 3 is 2.82 bits per heavy atom. The van der Waals surface area contributed by atoms with Gasteiger partial charge in [0.25, 0.3) is 0 Å². The zero-order valence-electron chi connectivity index (χ0n) is 15.9. The molecule has 0 radical (unpaired) electrons. The van der Waals surface area contributed by atoms with Crippen molar-refractivity contribution in [2.24, 2.45) is 5.92 Å². The number of hydrogen-bond acceptors (Lipinski definition) is 8. The first kappa shape index (κ1) is 19.4. The van der Waals surface area contributed by atoms with Gasteiger partial charge in [-0.2, -0.15) is 5.26 Å². The summed E-state index contributed by atoms with van der Waals surface area (Å²) in [5.74, 6) is 1.72. The second-order valence-electron chi connectivity index (χ2n) is 6.49. The minimum atomic E-state index is -0.500. The molecule has 1 aliphatic heterocycles. The Morgan fingerprint density at radius 2 is 2.14 bits per heavy atom. The van der Waals surface area contributed by atoms with Gasteiger partial charge in [-0.25, -0.2) is 14.8 Å². The smallest absolute Gasteiger partial charge is 0.358 e. The number of rotatable bonds is 6. The van der Waals surface area contributed by atoms with Crippen LogP contribution in [-0.2, 0) is 4.74 Å². The van der Waals surface area contributed by atoms with E-state index in [0.717, 1.165) is 31.7 Å². The van der Waals surface area contributed by atoms with Gasteiger partial charge in [0.1, 0.15) is 5.82 Å². The average Bonchev–Trinajstić information content (AvgIpc) is 2.77. The van der Waals surface area contributed by atoms with Crippen molar-refractivity contribution < 1.29 is 19.0 Å². The van der Waals surface area contributed by atoms with E-state index in [2.05, 4.69) is 25.7 Å². The average molecular weight is 382 g/mol. The van der Waals surface area contributed by atoms with Crippen LogP contribution in [0.1, 0.15) is 28.9 Å². The van der Waals surface area contributed by atoms with Crippen LogP contribution in [0.4, 0.5) is 5.82 Å². The highest BCUT2D eigenvalue weighted by molar-refractivity contribution is 5.86. The number of ether oxygens (including phenoxy) is 3. The van der Waals surface area contributed by atoms with E-state index in [1.807, 2.05) is 0 Å². The first-order valence-electron chi connectivity index (χ1n) is 9.01. The zero-order chi connectivity index (χ0) is 19.9. The number of piperidine rings is 1. The van der Waals surface area contributed by atoms with Crippen LogP contribution in [0.25, 0.3) is 0 Å². The van der Waals surface area contributed by atoms with Gasteiger partial charge in [-0.05, 0) is 25.0 Å². The van der Waals surface area contributed by atoms with Crippen molar-refractivity contribution in [3.63, 3.8) is 0 Å². The first-order chi connectivity index (χ1) is 13.6. The molecule has 1 aromatic heterocycles. The van der Waals surface area contributed by atoms with Gasteiger partial charge in [-0.1, -0.05) is 0 Å². The number of benzene rings is 1. The van der Waals surface area contributed by atoms with Gasteiger partial charge < -0.3 is 19.1 Å². The molecule has 1 saturated heterocycles. The molecule has 0 aliphatic carbocycles. The van der Waals surface area contributed by atoms with Crippen LogP contribution in [0.2, 0.25) is 0 Å². The monoisotopic (exact) mass is 382 g/mol. The molecule has 28 heavy (non-hydrogen) atoms. The first-order valence-corrected chi connectivity index (χ1v) is 9.01. The number of nitriles is 1. The van der Waals surface area contributed by atoms with E-state index in [1.54, 1.807) is 31.5 Å². The van der Waals surface area contributed by atoms with Crippen LogP contribution in [0.15, 0.2) is 30.6 Å². The summed E-state index contributed by atoms with van der Waals surface area (Å²) in [6.07, 6.45) is 5.09. The van der Waals surface area contributed by atoms with Crippen LogP contribution < -0.4 is 14.4 Å². The third-order valence-electron chi connectivity index (χ3n) is 4.64. The lowest BCUT2D eigenvalue weighted by Gasteiger charge is -2.33. The molecule has 2 heterocycles. The molecule has 8 nitrogen and oxygen atoms in total. The number of methoxy groups -OCH3 is 2. The zero-order valence-corrected chi connectivity index (χ0v) is 15.9. The number of esters is 1. The third-order valence-corrected chi connectivity index (χ3v) is 4.64. The fourth-order valence-corrected chi connectivity index (χ4v) is 3.17. The maximum Gasteiger partial charge on any atom is 0.358 e. The number of anilines is 1. The Hall–Kier alpha value is -3.34. The normalized spacial score (nSPS) is 16.2. The molecule has 1 fully saturated rings. The van der Waals surface area contributed by atoms with Crippen molar-refractivity contribution in [2.75, 3.05) is 38.8 Å². The van der Waals surface area contributed by atoms with Crippen molar-refractivity contribution in [1.82, 2.24) is 9.97 Å². The summed E-state index contributed by atoms with van der Waals surface area (Å²) in [6.45, 7) is 2.19. The number of nitrogens with zero attached hydrogens (tertiary/aromatic N) is 4. The molecular weight excluding hydrogens is 360 g/mol. The topological polar surface area (TPSA) is 97.6 Å². The molecular formula is C20H22N4O4. The van der Waals surface area contributed by atoms with E-state index < -0.39 is 5.97 Å². The summed E-state index contributed by atoms with van der Waals surface area (Å²) in [5.41, 5.74) is 0.720. The van der Waals surface area contributed by atoms with Crippen molar-refractivity contribution in [3.8, 4) is 17.6 Å². The molecule has 1 atom stereocenters. The van der Waals surface area contributed by atoms with Crippen molar-refractivity contribution in [1.29, 1.82) is 5.26 Å². The molecule has 0 spiro atoms. The highest BCUT2D eigenvalue weighted by Gasteiger charge is 2.22. The van der Waals surface area contributed by atoms with Gasteiger partial charge in [0, 0.05) is 25.1 Å². The number of carbonyl (C=O) groups is 1. The lowest BCUT2D eigenvalue weighted by molar-refractivity contribution is 0.0593. The lowest BCUT2D eigenvalue weighted by atomic mass is 9.99. The van der Waals surface area contributed by atoms with E-state index in [-0.39, 0.29) is 5.69 Å². The molecule has 146 valence electrons. The van der Waals surface area contributed by atoms with Gasteiger partial charge in [0.2, 0.25) is 0 Å². The number of aromatic nitrogens is 2. The van der Waals surface area contributed by atoms with E-state index in [1.165, 1.54) is 13.3 Å². The van der Waals surface area contributed by atoms with Crippen LogP contribution in [0.3, 0.4) is 0 Å². The largest absolute Gasteiger partial charge is 0.493 e. The second kappa shape index (κ2) is 9.04. The summed E-state index contributed by atoms with van der Waals surface area (Å²) in [4.78, 5) is 22.1. The predicted octanol–water partition coefficient (Wildman–Crippen LogP) is 2.44. The molecule has 0 saturated carbocycles. The van der Waals surface area contributed by atoms with Crippen LogP contribution in [-0.4, -0.2) is 49.9 Å². The van der Waals surface area contributed by atoms with Gasteiger partial charge >= 0.3 is 5.97 Å². The Bertz CT molecular complexity index is 863. The summed E-state index contributed by atoms with van der Waals surface area (Å²) < 4.78 is 15.9. The Morgan fingerprint density at radius 1 is 1.29 bits per heavy atom. The lowest BCUT2D eigenvalue weighted by Crippen LogP contribution is -2.38. The second-order valence-corrected chi connectivity index (χ2v) is 6.49. The molecule has 0 bridgehead atoms. The Labute approximate surface area is 163 Å². The minimum absolute atomic E-state index is 0.191. The van der Waals surface area contributed by atoms with Crippen LogP contribution in [0, 0.1) is 17.2 Å². The van der Waals surface area contributed by atoms with Crippen molar-refractivity contribution in [2.45, 2.75) is 12.8 Å². The predicted molar refractivity (Wildman–Crippen MR) is 102 cm³/mol. The standard InChI is InChI=1S/C20H22N4O4/c1-26-18-8-14(9-21)5-6-17(18)28-13-15-4-3-7-24(12-15)19-11-22-16(10-23-19)20(25)27-2/h5-6,8,10-11,15H,3-4,7,12-13H2,1-2H3. The maximum absolute atomic E-state index is 11.5. The molecule has 3 rings (SSSR count). The van der Waals surface area contributed by atoms with Crippen LogP contribution in [0.5, 0.6) is 11.5 Å². The molecule has 1 aliphatic rings. The highest BCUT2D eigenvalue weighted by Crippen LogP contribution is 2.29. The van der Waals surface area contributed by atoms with Crippen molar-refractivity contribution >= 4 is 11.8 Å². The SMILES string of the molecule is COC(=O)c1cnc(N2CCCC(COc3ccc(C#N)cc3OC)C2)cn1. The van der Waals surface area contributed by atoms with E-state index >= 15 is 0 Å². The van der Waals surface area contributed by atoms with Gasteiger partial charge in [-0.3, -0.25) is 0 Å². The van der Waals surface area contributed by atoms with Gasteiger partial charge in [0.15, 0.2) is 17.2 Å². The fraction of sp³-hybridized carbons (Fsp3) is 0.400. The summed E-state index contributed by atoms with van der Waals surface area (Å²) in [7, 11) is 2.87. The minimum Gasteiger partial charge on any atom is -0.493 e. The third kappa shape index (κ3) is 4.49. The van der Waals surface area contributed by atoms with E-state index in [9.17, 15) is 4.79 Å². The van der Waals surface area contributed by atoms with E-state index in [4.69, 9.17) is 14.7 Å².